The van der Waals surface area contributed by atoms with Gasteiger partial charge in [-0.1, -0.05) is 23.7 Å². The molecule has 0 unspecified atom stereocenters. The number of hydrogen-bond acceptors (Lipinski definition) is 4. The second-order valence-corrected chi connectivity index (χ2v) is 6.06. The Kier molecular flexibility index (Phi) is 6.86. The van der Waals surface area contributed by atoms with E-state index in [-0.39, 0.29) is 18.7 Å². The lowest BCUT2D eigenvalue weighted by molar-refractivity contribution is -0.137. The topological polar surface area (TPSA) is 84.9 Å². The smallest absolute Gasteiger partial charge is 0.305 e. The fourth-order valence-electron chi connectivity index (χ4n) is 2.56. The Balaban J connectivity index is 2.17. The summed E-state index contributed by atoms with van der Waals surface area (Å²) in [7, 11) is 3.05. The molecular formula is C19H20ClNO5. The molecule has 138 valence electrons. The predicted octanol–water partition coefficient (Wildman–Crippen LogP) is 3.23. The second-order valence-electron chi connectivity index (χ2n) is 5.62. The quantitative estimate of drug-likeness (QED) is 0.737. The number of rotatable bonds is 8. The van der Waals surface area contributed by atoms with Gasteiger partial charge in [-0.2, -0.15) is 0 Å². The minimum Gasteiger partial charge on any atom is -0.497 e. The summed E-state index contributed by atoms with van der Waals surface area (Å²) in [5.74, 6) is -0.169. The van der Waals surface area contributed by atoms with Crippen LogP contribution in [-0.4, -0.2) is 31.2 Å². The summed E-state index contributed by atoms with van der Waals surface area (Å²) in [6.07, 6.45) is -0.202. The maximum Gasteiger partial charge on any atom is 0.305 e. The first-order valence-corrected chi connectivity index (χ1v) is 8.28. The Morgan fingerprint density at radius 2 is 1.81 bits per heavy atom. The van der Waals surface area contributed by atoms with E-state index >= 15 is 0 Å². The highest BCUT2D eigenvalue weighted by molar-refractivity contribution is 6.30. The van der Waals surface area contributed by atoms with E-state index in [2.05, 4.69) is 5.32 Å². The van der Waals surface area contributed by atoms with Gasteiger partial charge in [-0.05, 0) is 35.9 Å². The van der Waals surface area contributed by atoms with Gasteiger partial charge < -0.3 is 19.9 Å². The average molecular weight is 378 g/mol. The highest BCUT2D eigenvalue weighted by Gasteiger charge is 2.19. The van der Waals surface area contributed by atoms with E-state index in [4.69, 9.17) is 26.2 Å². The monoisotopic (exact) mass is 377 g/mol. The van der Waals surface area contributed by atoms with Crippen LogP contribution in [0, 0.1) is 0 Å². The zero-order valence-electron chi connectivity index (χ0n) is 14.5. The number of carboxylic acids is 1. The molecule has 0 aliphatic carbocycles. The maximum absolute atomic E-state index is 12.5. The van der Waals surface area contributed by atoms with E-state index in [0.29, 0.717) is 27.6 Å². The van der Waals surface area contributed by atoms with Gasteiger partial charge in [0.1, 0.15) is 11.5 Å². The number of amides is 1. The molecule has 0 spiro atoms. The molecule has 0 heterocycles. The van der Waals surface area contributed by atoms with Crippen LogP contribution in [0.2, 0.25) is 5.02 Å². The summed E-state index contributed by atoms with van der Waals surface area (Å²) in [6.45, 7) is 0. The second kappa shape index (κ2) is 9.10. The van der Waals surface area contributed by atoms with Crippen LogP contribution >= 0.6 is 11.6 Å². The zero-order chi connectivity index (χ0) is 19.1. The molecule has 6 nitrogen and oxygen atoms in total. The molecule has 0 bridgehead atoms. The van der Waals surface area contributed by atoms with Gasteiger partial charge in [0, 0.05) is 10.6 Å². The van der Waals surface area contributed by atoms with Crippen LogP contribution in [0.25, 0.3) is 0 Å². The molecule has 1 amide bonds. The van der Waals surface area contributed by atoms with Crippen molar-refractivity contribution in [2.24, 2.45) is 0 Å². The third kappa shape index (κ3) is 5.39. The molecule has 0 radical (unpaired) electrons. The molecule has 2 N–H and O–H groups in total. The normalized spacial score (nSPS) is 11.5. The number of nitrogens with one attached hydrogen (secondary N) is 1. The molecule has 0 aromatic heterocycles. The van der Waals surface area contributed by atoms with Gasteiger partial charge in [0.15, 0.2) is 0 Å². The van der Waals surface area contributed by atoms with Gasteiger partial charge >= 0.3 is 5.97 Å². The van der Waals surface area contributed by atoms with Crippen LogP contribution in [0.3, 0.4) is 0 Å². The molecule has 26 heavy (non-hydrogen) atoms. The Morgan fingerprint density at radius 3 is 2.38 bits per heavy atom. The van der Waals surface area contributed by atoms with Crippen LogP contribution in [-0.2, 0) is 16.0 Å². The molecule has 7 heteroatoms. The fourth-order valence-corrected chi connectivity index (χ4v) is 2.69. The van der Waals surface area contributed by atoms with Gasteiger partial charge in [-0.3, -0.25) is 9.59 Å². The van der Waals surface area contributed by atoms with Crippen molar-refractivity contribution in [3.05, 3.63) is 58.6 Å². The number of carbonyl (C=O) groups excluding carboxylic acids is 1. The van der Waals surface area contributed by atoms with E-state index in [0.717, 1.165) is 0 Å². The molecule has 2 rings (SSSR count). The summed E-state index contributed by atoms with van der Waals surface area (Å²) >= 11 is 5.87. The number of benzene rings is 2. The fraction of sp³-hybridized carbons (Fsp3) is 0.263. The van der Waals surface area contributed by atoms with Crippen LogP contribution in [0.1, 0.15) is 23.6 Å². The number of halogens is 1. The van der Waals surface area contributed by atoms with Gasteiger partial charge in [-0.15, -0.1) is 0 Å². The first kappa shape index (κ1) is 19.6. The predicted molar refractivity (Wildman–Crippen MR) is 97.8 cm³/mol. The minimum absolute atomic E-state index is 0.0318. The minimum atomic E-state index is -1.01. The van der Waals surface area contributed by atoms with Crippen molar-refractivity contribution in [3.63, 3.8) is 0 Å². The van der Waals surface area contributed by atoms with E-state index in [9.17, 15) is 9.59 Å². The van der Waals surface area contributed by atoms with Crippen LogP contribution < -0.4 is 14.8 Å². The summed E-state index contributed by atoms with van der Waals surface area (Å²) < 4.78 is 10.4. The van der Waals surface area contributed by atoms with E-state index < -0.39 is 12.0 Å². The van der Waals surface area contributed by atoms with E-state index in [1.165, 1.54) is 14.2 Å². The first-order valence-electron chi connectivity index (χ1n) is 7.90. The lowest BCUT2D eigenvalue weighted by Gasteiger charge is -2.18. The SMILES string of the molecule is COc1ccc(OC)c(CC(=O)N[C@@H](CC(=O)O)c2ccc(Cl)cc2)c1. The average Bonchev–Trinajstić information content (AvgIpc) is 2.61. The van der Waals surface area contributed by atoms with Crippen molar-refractivity contribution in [3.8, 4) is 11.5 Å². The molecular weight excluding hydrogens is 358 g/mol. The van der Waals surface area contributed by atoms with Crippen molar-refractivity contribution in [2.45, 2.75) is 18.9 Å². The third-order valence-electron chi connectivity index (χ3n) is 3.82. The van der Waals surface area contributed by atoms with Crippen molar-refractivity contribution in [1.82, 2.24) is 5.32 Å². The highest BCUT2D eigenvalue weighted by Crippen LogP contribution is 2.25. The summed E-state index contributed by atoms with van der Waals surface area (Å²) in [6, 6.07) is 11.2. The van der Waals surface area contributed by atoms with E-state index in [1.54, 1.807) is 42.5 Å². The van der Waals surface area contributed by atoms with Gasteiger partial charge in [0.2, 0.25) is 5.91 Å². The maximum atomic E-state index is 12.5. The lowest BCUT2D eigenvalue weighted by atomic mass is 10.0. The largest absolute Gasteiger partial charge is 0.497 e. The van der Waals surface area contributed by atoms with Crippen LogP contribution in [0.5, 0.6) is 11.5 Å². The number of hydrogen-bond donors (Lipinski definition) is 2. The third-order valence-corrected chi connectivity index (χ3v) is 4.08. The molecule has 0 aliphatic rings. The number of ether oxygens (including phenoxy) is 2. The molecule has 0 saturated heterocycles. The van der Waals surface area contributed by atoms with Crippen molar-refractivity contribution in [1.29, 1.82) is 0 Å². The first-order chi connectivity index (χ1) is 12.4. The van der Waals surface area contributed by atoms with Crippen molar-refractivity contribution >= 4 is 23.5 Å². The van der Waals surface area contributed by atoms with Crippen LogP contribution in [0.15, 0.2) is 42.5 Å². The Labute approximate surface area is 156 Å². The molecule has 1 atom stereocenters. The van der Waals surface area contributed by atoms with Gasteiger partial charge in [0.05, 0.1) is 33.1 Å². The Hall–Kier alpha value is -2.73. The molecule has 0 saturated carbocycles. The van der Waals surface area contributed by atoms with E-state index in [1.807, 2.05) is 0 Å². The van der Waals surface area contributed by atoms with Gasteiger partial charge in [-0.25, -0.2) is 0 Å². The summed E-state index contributed by atoms with van der Waals surface area (Å²) in [5, 5.41) is 12.4. The molecule has 2 aromatic rings. The van der Waals surface area contributed by atoms with Crippen LogP contribution in [0.4, 0.5) is 0 Å². The highest BCUT2D eigenvalue weighted by atomic mass is 35.5. The van der Waals surface area contributed by atoms with Crippen molar-refractivity contribution in [2.75, 3.05) is 14.2 Å². The number of methoxy groups -OCH3 is 2. The zero-order valence-corrected chi connectivity index (χ0v) is 15.2. The lowest BCUT2D eigenvalue weighted by Crippen LogP contribution is -2.31. The molecule has 0 aliphatic heterocycles. The molecule has 2 aromatic carbocycles. The number of carbonyl (C=O) groups is 2. The Morgan fingerprint density at radius 1 is 1.12 bits per heavy atom. The summed E-state index contributed by atoms with van der Waals surface area (Å²) in [4.78, 5) is 23.6. The summed E-state index contributed by atoms with van der Waals surface area (Å²) in [5.41, 5.74) is 1.32. The number of carboxylic acid groups (broad SMARTS) is 1. The standard InChI is InChI=1S/C19H20ClNO5/c1-25-15-7-8-17(26-2)13(9-15)10-18(22)21-16(11-19(23)24)12-3-5-14(20)6-4-12/h3-9,16H,10-11H2,1-2H3,(H,21,22)(H,23,24)/t16-/m0/s1. The van der Waals surface area contributed by atoms with Gasteiger partial charge in [0.25, 0.3) is 0 Å². The molecule has 0 fully saturated rings. The number of aliphatic carboxylic acids is 1. The van der Waals surface area contributed by atoms with Crippen molar-refractivity contribution < 1.29 is 24.2 Å². The Bertz CT molecular complexity index is 776.